The third kappa shape index (κ3) is 8.33. The first-order chi connectivity index (χ1) is 15.9. The molecule has 0 aliphatic carbocycles. The lowest BCUT2D eigenvalue weighted by atomic mass is 10.0. The monoisotopic (exact) mass is 434 g/mol. The van der Waals surface area contributed by atoms with Crippen LogP contribution in [-0.4, -0.2) is 16.6 Å². The highest BCUT2D eigenvalue weighted by Crippen LogP contribution is 2.29. The van der Waals surface area contributed by atoms with Gasteiger partial charge in [0.2, 0.25) is 0 Å². The van der Waals surface area contributed by atoms with Crippen LogP contribution in [0.25, 0.3) is 22.4 Å². The molecule has 0 saturated carbocycles. The van der Waals surface area contributed by atoms with E-state index in [2.05, 4.69) is 24.0 Å². The highest BCUT2D eigenvalue weighted by atomic mass is 16.5. The van der Waals surface area contributed by atoms with Crippen LogP contribution in [0.4, 0.5) is 0 Å². The van der Waals surface area contributed by atoms with Crippen LogP contribution < -0.4 is 4.74 Å². The minimum atomic E-state index is 0.773. The Morgan fingerprint density at radius 3 is 1.88 bits per heavy atom. The smallest absolute Gasteiger partial charge is 0.142 e. The Balaban J connectivity index is 1.25. The van der Waals surface area contributed by atoms with Gasteiger partial charge in [-0.25, -0.2) is 4.98 Å². The molecule has 2 aromatic carbocycles. The predicted octanol–water partition coefficient (Wildman–Crippen LogP) is 9.09. The van der Waals surface area contributed by atoms with E-state index in [1.165, 1.54) is 83.5 Å². The molecule has 0 aliphatic rings. The van der Waals surface area contributed by atoms with Gasteiger partial charge in [-0.05, 0) is 30.7 Å². The summed E-state index contributed by atoms with van der Waals surface area (Å²) >= 11 is 0. The number of aromatic nitrogens is 2. The third-order valence-electron chi connectivity index (χ3n) is 6.29. The zero-order valence-electron chi connectivity index (χ0n) is 20.1. The zero-order chi connectivity index (χ0) is 22.3. The van der Waals surface area contributed by atoms with Crippen molar-refractivity contribution in [3.63, 3.8) is 0 Å². The quantitative estimate of drug-likeness (QED) is 0.215. The minimum absolute atomic E-state index is 0.773. The first-order valence-electron chi connectivity index (χ1n) is 13.1. The lowest BCUT2D eigenvalue weighted by molar-refractivity contribution is 0.305. The molecule has 174 valence electrons. The van der Waals surface area contributed by atoms with E-state index in [4.69, 9.17) is 9.72 Å². The highest BCUT2D eigenvalue weighted by Gasteiger charge is 2.10. The molecule has 0 bridgehead atoms. The Morgan fingerprint density at radius 1 is 0.656 bits per heavy atom. The van der Waals surface area contributed by atoms with Crippen molar-refractivity contribution in [2.75, 3.05) is 6.61 Å². The van der Waals surface area contributed by atoms with Gasteiger partial charge < -0.3 is 9.72 Å². The van der Waals surface area contributed by atoms with Crippen LogP contribution in [-0.2, 0) is 0 Å². The molecule has 3 aromatic rings. The average molecular weight is 435 g/mol. The van der Waals surface area contributed by atoms with Gasteiger partial charge in [0, 0.05) is 0 Å². The van der Waals surface area contributed by atoms with E-state index in [9.17, 15) is 0 Å². The van der Waals surface area contributed by atoms with Crippen LogP contribution >= 0.6 is 0 Å². The summed E-state index contributed by atoms with van der Waals surface area (Å²) in [6, 6.07) is 16.4. The zero-order valence-corrected chi connectivity index (χ0v) is 20.1. The fraction of sp³-hybridized carbons (Fsp3) is 0.552. The molecule has 0 radical (unpaired) electrons. The van der Waals surface area contributed by atoms with E-state index in [1.54, 1.807) is 0 Å². The molecule has 1 N–H and O–H groups in total. The number of nitrogens with one attached hydrogen (secondary N) is 1. The highest BCUT2D eigenvalue weighted by molar-refractivity contribution is 5.80. The van der Waals surface area contributed by atoms with Crippen molar-refractivity contribution in [3.05, 3.63) is 48.5 Å². The summed E-state index contributed by atoms with van der Waals surface area (Å²) in [6.07, 6.45) is 19.3. The summed E-state index contributed by atoms with van der Waals surface area (Å²) in [7, 11) is 0. The number of para-hydroxylation sites is 3. The van der Waals surface area contributed by atoms with E-state index < -0.39 is 0 Å². The number of unbranched alkanes of at least 4 members (excludes halogenated alkanes) is 13. The van der Waals surface area contributed by atoms with E-state index >= 15 is 0 Å². The SMILES string of the molecule is CCCCCCCCCCCCCCCCOc1ccccc1-c1nc2ccccc2[nH]1. The molecule has 0 atom stereocenters. The standard InChI is InChI=1S/C29H42N2O/c1-2-3-4-5-6-7-8-9-10-11-12-13-14-19-24-32-28-23-18-15-20-25(28)29-30-26-21-16-17-22-27(26)31-29/h15-18,20-23H,2-14,19,24H2,1H3,(H,30,31). The molecule has 3 heteroatoms. The molecule has 0 spiro atoms. The number of hydrogen-bond donors (Lipinski definition) is 1. The molecular formula is C29H42N2O. The predicted molar refractivity (Wildman–Crippen MR) is 137 cm³/mol. The minimum Gasteiger partial charge on any atom is -0.493 e. The van der Waals surface area contributed by atoms with Crippen molar-refractivity contribution < 1.29 is 4.74 Å². The van der Waals surface area contributed by atoms with Crippen molar-refractivity contribution in [2.45, 2.75) is 96.8 Å². The second kappa shape index (κ2) is 14.7. The number of nitrogens with zero attached hydrogens (tertiary/aromatic N) is 1. The van der Waals surface area contributed by atoms with Crippen LogP contribution in [0.5, 0.6) is 5.75 Å². The van der Waals surface area contributed by atoms with E-state index in [0.717, 1.165) is 41.2 Å². The summed E-state index contributed by atoms with van der Waals surface area (Å²) in [5, 5.41) is 0. The molecule has 3 nitrogen and oxygen atoms in total. The Labute approximate surface area is 195 Å². The maximum atomic E-state index is 6.13. The third-order valence-corrected chi connectivity index (χ3v) is 6.29. The second-order valence-corrected chi connectivity index (χ2v) is 9.04. The summed E-state index contributed by atoms with van der Waals surface area (Å²) < 4.78 is 6.13. The van der Waals surface area contributed by atoms with Crippen molar-refractivity contribution in [3.8, 4) is 17.1 Å². The molecule has 32 heavy (non-hydrogen) atoms. The average Bonchev–Trinajstić information content (AvgIpc) is 3.26. The van der Waals surface area contributed by atoms with E-state index in [1.807, 2.05) is 36.4 Å². The largest absolute Gasteiger partial charge is 0.493 e. The van der Waals surface area contributed by atoms with Gasteiger partial charge in [-0.15, -0.1) is 0 Å². The van der Waals surface area contributed by atoms with Gasteiger partial charge in [0.15, 0.2) is 0 Å². The topological polar surface area (TPSA) is 37.9 Å². The van der Waals surface area contributed by atoms with Gasteiger partial charge in [0.1, 0.15) is 11.6 Å². The van der Waals surface area contributed by atoms with Gasteiger partial charge in [0.05, 0.1) is 23.2 Å². The number of ether oxygens (including phenoxy) is 1. The van der Waals surface area contributed by atoms with Crippen LogP contribution in [0.3, 0.4) is 0 Å². The first-order valence-corrected chi connectivity index (χ1v) is 13.1. The fourth-order valence-corrected chi connectivity index (χ4v) is 4.35. The van der Waals surface area contributed by atoms with Crippen LogP contribution in [0.1, 0.15) is 96.8 Å². The van der Waals surface area contributed by atoms with Crippen molar-refractivity contribution in [1.29, 1.82) is 0 Å². The van der Waals surface area contributed by atoms with Gasteiger partial charge in [-0.1, -0.05) is 115 Å². The number of fused-ring (bicyclic) bond motifs is 1. The van der Waals surface area contributed by atoms with E-state index in [-0.39, 0.29) is 0 Å². The number of hydrogen-bond acceptors (Lipinski definition) is 2. The molecule has 1 aromatic heterocycles. The maximum Gasteiger partial charge on any atom is 0.142 e. The number of rotatable bonds is 17. The Morgan fingerprint density at radius 2 is 1.22 bits per heavy atom. The van der Waals surface area contributed by atoms with Crippen molar-refractivity contribution in [2.24, 2.45) is 0 Å². The van der Waals surface area contributed by atoms with Gasteiger partial charge in [0.25, 0.3) is 0 Å². The molecular weight excluding hydrogens is 392 g/mol. The molecule has 0 aliphatic heterocycles. The Bertz CT molecular complexity index is 853. The fourth-order valence-electron chi connectivity index (χ4n) is 4.35. The van der Waals surface area contributed by atoms with Crippen molar-refractivity contribution >= 4 is 11.0 Å². The van der Waals surface area contributed by atoms with E-state index in [0.29, 0.717) is 0 Å². The number of benzene rings is 2. The molecule has 0 fully saturated rings. The Hall–Kier alpha value is -2.29. The number of imidazole rings is 1. The van der Waals surface area contributed by atoms with Crippen LogP contribution in [0, 0.1) is 0 Å². The second-order valence-electron chi connectivity index (χ2n) is 9.04. The summed E-state index contributed by atoms with van der Waals surface area (Å²) in [6.45, 7) is 3.06. The maximum absolute atomic E-state index is 6.13. The van der Waals surface area contributed by atoms with Crippen LogP contribution in [0.15, 0.2) is 48.5 Å². The lowest BCUT2D eigenvalue weighted by Crippen LogP contribution is -1.99. The van der Waals surface area contributed by atoms with Gasteiger partial charge >= 0.3 is 0 Å². The van der Waals surface area contributed by atoms with Crippen molar-refractivity contribution in [1.82, 2.24) is 9.97 Å². The molecule has 0 unspecified atom stereocenters. The lowest BCUT2D eigenvalue weighted by Gasteiger charge is -2.10. The molecule has 1 heterocycles. The molecule has 0 saturated heterocycles. The van der Waals surface area contributed by atoms with Gasteiger partial charge in [-0.3, -0.25) is 0 Å². The molecule has 0 amide bonds. The summed E-state index contributed by atoms with van der Waals surface area (Å²) in [5.41, 5.74) is 3.09. The van der Waals surface area contributed by atoms with Gasteiger partial charge in [-0.2, -0.15) is 0 Å². The summed E-state index contributed by atoms with van der Waals surface area (Å²) in [4.78, 5) is 8.14. The van der Waals surface area contributed by atoms with Crippen LogP contribution in [0.2, 0.25) is 0 Å². The first kappa shape index (κ1) is 24.4. The number of aromatic amines is 1. The normalized spacial score (nSPS) is 11.3. The number of H-pyrrole nitrogens is 1. The Kier molecular flexibility index (Phi) is 11.2. The molecule has 3 rings (SSSR count). The summed E-state index contributed by atoms with van der Waals surface area (Å²) in [5.74, 6) is 1.80.